The minimum absolute atomic E-state index is 0.0164. The second kappa shape index (κ2) is 10.7. The largest absolute Gasteiger partial charge is 0.490 e. The predicted molar refractivity (Wildman–Crippen MR) is 141 cm³/mol. The number of esters is 1. The zero-order valence-corrected chi connectivity index (χ0v) is 21.2. The molecule has 5 aromatic rings. The molecule has 0 bridgehead atoms. The van der Waals surface area contributed by atoms with Crippen molar-refractivity contribution in [3.63, 3.8) is 0 Å². The molecule has 0 aliphatic carbocycles. The standard InChI is InChI=1S/C25H18ClFN4O3S2/c1-2-33-20-11-19-15(24(29-13-28-19)30-14-7-8-17(27)16(26)9-14)10-21(20)34-23(32)12-35-25-31-18-5-3-4-6-22(18)36-25/h3-11,13H,2,12H2,1H3,(H,28,29,30). The Hall–Kier alpha value is -3.47. The summed E-state index contributed by atoms with van der Waals surface area (Å²) >= 11 is 8.75. The van der Waals surface area contributed by atoms with Gasteiger partial charge in [0.2, 0.25) is 0 Å². The van der Waals surface area contributed by atoms with E-state index in [4.69, 9.17) is 21.1 Å². The number of ether oxygens (including phenoxy) is 2. The zero-order chi connectivity index (χ0) is 25.1. The van der Waals surface area contributed by atoms with Crippen LogP contribution in [-0.2, 0) is 4.79 Å². The lowest BCUT2D eigenvalue weighted by atomic mass is 10.2. The Balaban J connectivity index is 1.39. The number of halogens is 2. The number of para-hydroxylation sites is 1. The second-order valence-corrected chi connectivity index (χ2v) is 10.1. The van der Waals surface area contributed by atoms with E-state index in [-0.39, 0.29) is 16.5 Å². The number of rotatable bonds is 8. The molecule has 0 amide bonds. The summed E-state index contributed by atoms with van der Waals surface area (Å²) in [6, 6.07) is 15.4. The number of hydrogen-bond acceptors (Lipinski definition) is 9. The molecule has 36 heavy (non-hydrogen) atoms. The molecule has 2 heterocycles. The van der Waals surface area contributed by atoms with Gasteiger partial charge in [0.1, 0.15) is 18.0 Å². The topological polar surface area (TPSA) is 86.2 Å². The molecule has 0 aliphatic rings. The van der Waals surface area contributed by atoms with Gasteiger partial charge in [-0.25, -0.2) is 19.3 Å². The number of benzene rings is 3. The molecule has 11 heteroatoms. The Bertz CT molecular complexity index is 1550. The van der Waals surface area contributed by atoms with E-state index in [0.717, 1.165) is 14.6 Å². The van der Waals surface area contributed by atoms with Crippen LogP contribution in [0.2, 0.25) is 5.02 Å². The lowest BCUT2D eigenvalue weighted by molar-refractivity contribution is -0.131. The molecule has 1 N–H and O–H groups in total. The summed E-state index contributed by atoms with van der Waals surface area (Å²) in [5, 5.41) is 3.68. The van der Waals surface area contributed by atoms with Gasteiger partial charge in [0, 0.05) is 17.1 Å². The normalized spacial score (nSPS) is 11.1. The predicted octanol–water partition coefficient (Wildman–Crippen LogP) is 6.87. The van der Waals surface area contributed by atoms with Crippen LogP contribution in [0.5, 0.6) is 11.5 Å². The molecule has 0 saturated heterocycles. The van der Waals surface area contributed by atoms with Gasteiger partial charge >= 0.3 is 5.97 Å². The van der Waals surface area contributed by atoms with Crippen LogP contribution in [0.3, 0.4) is 0 Å². The van der Waals surface area contributed by atoms with Crippen LogP contribution in [0.15, 0.2) is 65.3 Å². The summed E-state index contributed by atoms with van der Waals surface area (Å²) in [6.07, 6.45) is 1.39. The number of thiazole rings is 1. The van der Waals surface area contributed by atoms with Crippen molar-refractivity contribution in [2.24, 2.45) is 0 Å². The van der Waals surface area contributed by atoms with E-state index in [9.17, 15) is 9.18 Å². The van der Waals surface area contributed by atoms with Gasteiger partial charge in [0.05, 0.1) is 33.1 Å². The van der Waals surface area contributed by atoms with Crippen LogP contribution in [0.1, 0.15) is 6.92 Å². The second-order valence-electron chi connectivity index (χ2n) is 7.44. The minimum Gasteiger partial charge on any atom is -0.490 e. The van der Waals surface area contributed by atoms with Crippen LogP contribution >= 0.6 is 34.7 Å². The van der Waals surface area contributed by atoms with Gasteiger partial charge in [-0.1, -0.05) is 35.5 Å². The summed E-state index contributed by atoms with van der Waals surface area (Å²) in [5.41, 5.74) is 2.02. The fourth-order valence-corrected chi connectivity index (χ4v) is 5.43. The first-order chi connectivity index (χ1) is 17.5. The van der Waals surface area contributed by atoms with Gasteiger partial charge in [0.25, 0.3) is 0 Å². The summed E-state index contributed by atoms with van der Waals surface area (Å²) in [7, 11) is 0. The maximum Gasteiger partial charge on any atom is 0.321 e. The fourth-order valence-electron chi connectivity index (χ4n) is 3.41. The van der Waals surface area contributed by atoms with E-state index >= 15 is 0 Å². The van der Waals surface area contributed by atoms with Crippen molar-refractivity contribution in [1.82, 2.24) is 15.0 Å². The molecule has 0 atom stereocenters. The molecule has 0 radical (unpaired) electrons. The number of carbonyl (C=O) groups excluding carboxylic acids is 1. The molecule has 182 valence electrons. The molecule has 0 fully saturated rings. The monoisotopic (exact) mass is 540 g/mol. The zero-order valence-electron chi connectivity index (χ0n) is 18.8. The average molecular weight is 541 g/mol. The quantitative estimate of drug-likeness (QED) is 0.130. The van der Waals surface area contributed by atoms with Gasteiger partial charge in [-0.2, -0.15) is 0 Å². The molecule has 0 aliphatic heterocycles. The van der Waals surface area contributed by atoms with E-state index in [0.29, 0.717) is 34.8 Å². The van der Waals surface area contributed by atoms with Gasteiger partial charge in [-0.05, 0) is 43.3 Å². The molecular weight excluding hydrogens is 523 g/mol. The first-order valence-corrected chi connectivity index (χ1v) is 13.0. The summed E-state index contributed by atoms with van der Waals surface area (Å²) in [5.74, 6) is 0.178. The van der Waals surface area contributed by atoms with Crippen molar-refractivity contribution in [2.45, 2.75) is 11.3 Å². The highest BCUT2D eigenvalue weighted by Gasteiger charge is 2.17. The maximum absolute atomic E-state index is 13.6. The van der Waals surface area contributed by atoms with E-state index in [1.165, 1.54) is 41.6 Å². The van der Waals surface area contributed by atoms with Crippen molar-refractivity contribution in [1.29, 1.82) is 0 Å². The highest BCUT2D eigenvalue weighted by Crippen LogP contribution is 2.36. The van der Waals surface area contributed by atoms with Crippen molar-refractivity contribution in [3.8, 4) is 11.5 Å². The molecule has 2 aromatic heterocycles. The van der Waals surface area contributed by atoms with Gasteiger partial charge in [-0.3, -0.25) is 4.79 Å². The molecule has 0 saturated carbocycles. The number of hydrogen-bond donors (Lipinski definition) is 1. The highest BCUT2D eigenvalue weighted by atomic mass is 35.5. The molecule has 5 rings (SSSR count). The Kier molecular flexibility index (Phi) is 7.17. The maximum atomic E-state index is 13.6. The number of thioether (sulfide) groups is 1. The number of nitrogens with one attached hydrogen (secondary N) is 1. The van der Waals surface area contributed by atoms with Crippen LogP contribution in [-0.4, -0.2) is 33.3 Å². The third kappa shape index (κ3) is 5.35. The van der Waals surface area contributed by atoms with Gasteiger partial charge in [0.15, 0.2) is 15.8 Å². The van der Waals surface area contributed by atoms with E-state index in [1.807, 2.05) is 31.2 Å². The molecule has 0 unspecified atom stereocenters. The molecule has 0 spiro atoms. The van der Waals surface area contributed by atoms with Crippen LogP contribution in [0.25, 0.3) is 21.1 Å². The number of nitrogens with zero attached hydrogens (tertiary/aromatic N) is 3. The first-order valence-electron chi connectivity index (χ1n) is 10.8. The number of carbonyl (C=O) groups is 1. The molecular formula is C25H18ClFN4O3S2. The van der Waals surface area contributed by atoms with E-state index in [2.05, 4.69) is 20.3 Å². The Morgan fingerprint density at radius 3 is 2.78 bits per heavy atom. The highest BCUT2D eigenvalue weighted by molar-refractivity contribution is 8.01. The summed E-state index contributed by atoms with van der Waals surface area (Å²) < 4.78 is 26.8. The third-order valence-electron chi connectivity index (χ3n) is 4.99. The fraction of sp³-hybridized carbons (Fsp3) is 0.120. The Labute approximate surface area is 218 Å². The van der Waals surface area contributed by atoms with E-state index < -0.39 is 11.8 Å². The minimum atomic E-state index is -0.519. The van der Waals surface area contributed by atoms with Crippen molar-refractivity contribution in [2.75, 3.05) is 17.7 Å². The van der Waals surface area contributed by atoms with Crippen molar-refractivity contribution >= 4 is 73.3 Å². The van der Waals surface area contributed by atoms with Crippen LogP contribution < -0.4 is 14.8 Å². The van der Waals surface area contributed by atoms with Crippen molar-refractivity contribution < 1.29 is 18.7 Å². The third-order valence-corrected chi connectivity index (χ3v) is 7.44. The summed E-state index contributed by atoms with van der Waals surface area (Å²) in [6.45, 7) is 2.21. The van der Waals surface area contributed by atoms with E-state index in [1.54, 1.807) is 18.2 Å². The van der Waals surface area contributed by atoms with Crippen molar-refractivity contribution in [3.05, 3.63) is 71.8 Å². The van der Waals surface area contributed by atoms with Gasteiger partial charge < -0.3 is 14.8 Å². The molecule has 7 nitrogen and oxygen atoms in total. The number of anilines is 2. The number of fused-ring (bicyclic) bond motifs is 2. The first kappa shape index (κ1) is 24.2. The number of aromatic nitrogens is 3. The lowest BCUT2D eigenvalue weighted by Gasteiger charge is -2.14. The smallest absolute Gasteiger partial charge is 0.321 e. The van der Waals surface area contributed by atoms with Gasteiger partial charge in [-0.15, -0.1) is 11.3 Å². The summed E-state index contributed by atoms with van der Waals surface area (Å²) in [4.78, 5) is 25.9. The van der Waals surface area contributed by atoms with Crippen LogP contribution in [0.4, 0.5) is 15.9 Å². The lowest BCUT2D eigenvalue weighted by Crippen LogP contribution is -2.12. The SMILES string of the molecule is CCOc1cc2ncnc(Nc3ccc(F)c(Cl)c3)c2cc1OC(=O)CSc1nc2ccccc2s1. The Morgan fingerprint density at radius 1 is 1.11 bits per heavy atom. The average Bonchev–Trinajstić information content (AvgIpc) is 3.29. The van der Waals surface area contributed by atoms with Crippen LogP contribution in [0, 0.1) is 5.82 Å². The Morgan fingerprint density at radius 2 is 1.97 bits per heavy atom. The molecule has 3 aromatic carbocycles.